The molecular weight excluding hydrogens is 236 g/mol. The number of anilines is 1. The zero-order valence-electron chi connectivity index (χ0n) is 9.74. The van der Waals surface area contributed by atoms with Gasteiger partial charge in [0.15, 0.2) is 0 Å². The summed E-state index contributed by atoms with van der Waals surface area (Å²) >= 11 is 5.92. The van der Waals surface area contributed by atoms with Crippen molar-refractivity contribution in [1.29, 1.82) is 0 Å². The molecule has 3 nitrogen and oxygen atoms in total. The van der Waals surface area contributed by atoms with E-state index in [0.717, 1.165) is 13.0 Å². The van der Waals surface area contributed by atoms with Gasteiger partial charge in [0.1, 0.15) is 0 Å². The Morgan fingerprint density at radius 1 is 1.47 bits per heavy atom. The Hall–Kier alpha value is -1.48. The molecule has 0 atom stereocenters. The van der Waals surface area contributed by atoms with Crippen LogP contribution in [-0.2, 0) is 0 Å². The summed E-state index contributed by atoms with van der Waals surface area (Å²) in [6.45, 7) is 3.49. The Morgan fingerprint density at radius 2 is 2.24 bits per heavy atom. The topological polar surface area (TPSA) is 46.3 Å². The first-order valence-corrected chi connectivity index (χ1v) is 5.95. The van der Waals surface area contributed by atoms with Crippen LogP contribution in [0.15, 0.2) is 29.8 Å². The highest BCUT2D eigenvalue weighted by atomic mass is 35.5. The number of nitrogens with zero attached hydrogens (tertiary/aromatic N) is 1. The normalized spacial score (nSPS) is 15.6. The van der Waals surface area contributed by atoms with E-state index in [1.165, 1.54) is 5.57 Å². The summed E-state index contributed by atoms with van der Waals surface area (Å²) in [5, 5.41) is 0.431. The van der Waals surface area contributed by atoms with Gasteiger partial charge in [-0.2, -0.15) is 0 Å². The minimum atomic E-state index is 0.0133. The van der Waals surface area contributed by atoms with E-state index >= 15 is 0 Å². The number of nitrogens with two attached hydrogens (primary N) is 1. The monoisotopic (exact) mass is 250 g/mol. The quantitative estimate of drug-likeness (QED) is 0.615. The number of halogens is 1. The smallest absolute Gasteiger partial charge is 0.254 e. The van der Waals surface area contributed by atoms with Crippen LogP contribution in [0.3, 0.4) is 0 Å². The van der Waals surface area contributed by atoms with Gasteiger partial charge in [-0.15, -0.1) is 0 Å². The van der Waals surface area contributed by atoms with Crippen LogP contribution in [0.2, 0.25) is 5.02 Å². The molecule has 2 rings (SSSR count). The molecule has 17 heavy (non-hydrogen) atoms. The van der Waals surface area contributed by atoms with Crippen molar-refractivity contribution in [3.05, 3.63) is 40.4 Å². The predicted octanol–water partition coefficient (Wildman–Crippen LogP) is 2.71. The average Bonchev–Trinajstić information content (AvgIpc) is 2.32. The third kappa shape index (κ3) is 2.61. The van der Waals surface area contributed by atoms with Crippen LogP contribution >= 0.6 is 11.6 Å². The molecule has 0 aliphatic carbocycles. The summed E-state index contributed by atoms with van der Waals surface area (Å²) in [7, 11) is 0. The maximum Gasteiger partial charge on any atom is 0.254 e. The van der Waals surface area contributed by atoms with E-state index in [-0.39, 0.29) is 5.91 Å². The zero-order chi connectivity index (χ0) is 12.4. The van der Waals surface area contributed by atoms with Crippen molar-refractivity contribution < 1.29 is 4.79 Å². The van der Waals surface area contributed by atoms with E-state index in [2.05, 4.69) is 6.08 Å². The molecule has 1 aromatic carbocycles. The molecule has 1 amide bonds. The lowest BCUT2D eigenvalue weighted by Gasteiger charge is -2.26. The van der Waals surface area contributed by atoms with Crippen molar-refractivity contribution >= 4 is 23.2 Å². The molecule has 0 fully saturated rings. The number of nitrogen functional groups attached to an aromatic ring is 1. The lowest BCUT2D eigenvalue weighted by atomic mass is 10.1. The van der Waals surface area contributed by atoms with E-state index in [9.17, 15) is 4.79 Å². The second-order valence-corrected chi connectivity index (χ2v) is 4.71. The highest BCUT2D eigenvalue weighted by Gasteiger charge is 2.18. The molecule has 0 unspecified atom stereocenters. The van der Waals surface area contributed by atoms with Crippen LogP contribution in [0.1, 0.15) is 23.7 Å². The van der Waals surface area contributed by atoms with Crippen LogP contribution in [-0.4, -0.2) is 23.9 Å². The first kappa shape index (κ1) is 12.0. The Labute approximate surface area is 106 Å². The van der Waals surface area contributed by atoms with Crippen molar-refractivity contribution in [2.24, 2.45) is 0 Å². The van der Waals surface area contributed by atoms with Crippen LogP contribution < -0.4 is 5.73 Å². The Balaban J connectivity index is 2.19. The third-order valence-electron chi connectivity index (χ3n) is 2.87. The maximum atomic E-state index is 12.2. The number of carbonyl (C=O) groups is 1. The number of carbonyl (C=O) groups excluding carboxylic acids is 1. The molecule has 0 saturated carbocycles. The fourth-order valence-corrected chi connectivity index (χ4v) is 2.11. The number of rotatable bonds is 1. The van der Waals surface area contributed by atoms with Crippen molar-refractivity contribution in [2.45, 2.75) is 13.3 Å². The molecule has 1 aliphatic rings. The molecule has 90 valence electrons. The van der Waals surface area contributed by atoms with Crippen LogP contribution in [0, 0.1) is 0 Å². The summed E-state index contributed by atoms with van der Waals surface area (Å²) in [6.07, 6.45) is 3.08. The molecule has 0 bridgehead atoms. The van der Waals surface area contributed by atoms with Crippen molar-refractivity contribution in [2.75, 3.05) is 18.8 Å². The van der Waals surface area contributed by atoms with Crippen LogP contribution in [0.4, 0.5) is 5.69 Å². The van der Waals surface area contributed by atoms with Gasteiger partial charge in [-0.1, -0.05) is 23.3 Å². The number of hydrogen-bond donors (Lipinski definition) is 1. The molecule has 0 spiro atoms. The van der Waals surface area contributed by atoms with E-state index in [0.29, 0.717) is 22.8 Å². The van der Waals surface area contributed by atoms with Gasteiger partial charge in [-0.05, 0) is 31.5 Å². The van der Waals surface area contributed by atoms with Crippen LogP contribution in [0.25, 0.3) is 0 Å². The molecule has 4 heteroatoms. The highest BCUT2D eigenvalue weighted by Crippen LogP contribution is 2.21. The molecule has 2 N–H and O–H groups in total. The van der Waals surface area contributed by atoms with Gasteiger partial charge in [0.2, 0.25) is 0 Å². The summed E-state index contributed by atoms with van der Waals surface area (Å²) in [5.74, 6) is 0.0133. The van der Waals surface area contributed by atoms with Crippen LogP contribution in [0.5, 0.6) is 0 Å². The van der Waals surface area contributed by atoms with Gasteiger partial charge >= 0.3 is 0 Å². The highest BCUT2D eigenvalue weighted by molar-refractivity contribution is 6.33. The molecule has 0 saturated heterocycles. The second-order valence-electron chi connectivity index (χ2n) is 4.30. The fraction of sp³-hybridized carbons (Fsp3) is 0.308. The van der Waals surface area contributed by atoms with E-state index in [1.807, 2.05) is 11.8 Å². The fourth-order valence-electron chi connectivity index (χ4n) is 1.93. The minimum Gasteiger partial charge on any atom is -0.398 e. The summed E-state index contributed by atoms with van der Waals surface area (Å²) in [4.78, 5) is 14.0. The molecular formula is C13H15ClN2O. The first-order valence-electron chi connectivity index (χ1n) is 5.58. The molecule has 0 radical (unpaired) electrons. The lowest BCUT2D eigenvalue weighted by molar-refractivity contribution is 0.0766. The van der Waals surface area contributed by atoms with Gasteiger partial charge < -0.3 is 10.6 Å². The minimum absolute atomic E-state index is 0.0133. The van der Waals surface area contributed by atoms with Gasteiger partial charge in [0.25, 0.3) is 5.91 Å². The SMILES string of the molecule is CC1=CCCN(C(=O)c2ccc(N)c(Cl)c2)C1. The van der Waals surface area contributed by atoms with Gasteiger partial charge in [-0.25, -0.2) is 0 Å². The van der Waals surface area contributed by atoms with Gasteiger partial charge in [0.05, 0.1) is 10.7 Å². The van der Waals surface area contributed by atoms with E-state index in [4.69, 9.17) is 17.3 Å². The predicted molar refractivity (Wildman–Crippen MR) is 70.1 cm³/mol. The number of amides is 1. The van der Waals surface area contributed by atoms with Crippen molar-refractivity contribution in [3.8, 4) is 0 Å². The zero-order valence-corrected chi connectivity index (χ0v) is 10.5. The molecule has 0 aromatic heterocycles. The number of benzene rings is 1. The Morgan fingerprint density at radius 3 is 2.88 bits per heavy atom. The first-order chi connectivity index (χ1) is 8.08. The van der Waals surface area contributed by atoms with E-state index in [1.54, 1.807) is 18.2 Å². The van der Waals surface area contributed by atoms with Gasteiger partial charge in [0, 0.05) is 18.7 Å². The number of hydrogen-bond acceptors (Lipinski definition) is 2. The Bertz CT molecular complexity index is 482. The molecule has 1 heterocycles. The third-order valence-corrected chi connectivity index (χ3v) is 3.19. The molecule has 1 aliphatic heterocycles. The summed E-state index contributed by atoms with van der Waals surface area (Å²) in [6, 6.07) is 5.02. The standard InChI is InChI=1S/C13H15ClN2O/c1-9-3-2-6-16(8-9)13(17)10-4-5-12(15)11(14)7-10/h3-5,7H,2,6,8,15H2,1H3. The second kappa shape index (κ2) is 4.80. The molecule has 1 aromatic rings. The average molecular weight is 251 g/mol. The largest absolute Gasteiger partial charge is 0.398 e. The van der Waals surface area contributed by atoms with Crippen molar-refractivity contribution in [1.82, 2.24) is 4.90 Å². The van der Waals surface area contributed by atoms with E-state index < -0.39 is 0 Å². The maximum absolute atomic E-state index is 12.2. The summed E-state index contributed by atoms with van der Waals surface area (Å²) in [5.41, 5.74) is 7.95. The van der Waals surface area contributed by atoms with Crippen molar-refractivity contribution in [3.63, 3.8) is 0 Å². The summed E-state index contributed by atoms with van der Waals surface area (Å²) < 4.78 is 0. The van der Waals surface area contributed by atoms with Gasteiger partial charge in [-0.3, -0.25) is 4.79 Å². The Kier molecular flexibility index (Phi) is 3.38. The lowest BCUT2D eigenvalue weighted by Crippen LogP contribution is -2.35.